The quantitative estimate of drug-likeness (QED) is 0.617. The predicted octanol–water partition coefficient (Wildman–Crippen LogP) is 4.75. The van der Waals surface area contributed by atoms with Crippen molar-refractivity contribution >= 4 is 5.57 Å². The molecule has 1 aromatic rings. The van der Waals surface area contributed by atoms with Gasteiger partial charge in [0, 0.05) is 0 Å². The molecule has 0 heterocycles. The molecule has 0 amide bonds. The van der Waals surface area contributed by atoms with E-state index in [0.717, 1.165) is 6.42 Å². The van der Waals surface area contributed by atoms with Gasteiger partial charge in [0.15, 0.2) is 0 Å². The first-order chi connectivity index (χ1) is 7.13. The summed E-state index contributed by atoms with van der Waals surface area (Å²) in [6, 6.07) is 8.73. The van der Waals surface area contributed by atoms with Gasteiger partial charge < -0.3 is 0 Å². The molecule has 0 atom stereocenters. The van der Waals surface area contributed by atoms with Crippen LogP contribution in [0.1, 0.15) is 38.3 Å². The normalized spacial score (nSPS) is 11.3. The van der Waals surface area contributed by atoms with Crippen molar-refractivity contribution < 1.29 is 0 Å². The van der Waals surface area contributed by atoms with Crippen LogP contribution in [0.15, 0.2) is 42.0 Å². The Hall–Kier alpha value is -1.30. The van der Waals surface area contributed by atoms with Crippen molar-refractivity contribution in [2.24, 2.45) is 0 Å². The molecule has 1 aromatic carbocycles. The van der Waals surface area contributed by atoms with E-state index in [1.54, 1.807) is 0 Å². The van der Waals surface area contributed by atoms with E-state index >= 15 is 0 Å². The molecule has 0 aromatic heterocycles. The molecule has 0 fully saturated rings. The van der Waals surface area contributed by atoms with Crippen molar-refractivity contribution in [3.8, 4) is 0 Å². The fourth-order valence-corrected chi connectivity index (χ4v) is 1.45. The standard InChI is InChI=1S/C15H20/c1-5-14(9-6-12(2)3)15-10-7-13(4)8-11-15/h6-11H,5H2,1-4H3/b14-9+. The van der Waals surface area contributed by atoms with E-state index in [9.17, 15) is 0 Å². The van der Waals surface area contributed by atoms with E-state index < -0.39 is 0 Å². The Kier molecular flexibility index (Phi) is 4.36. The van der Waals surface area contributed by atoms with Gasteiger partial charge >= 0.3 is 0 Å². The van der Waals surface area contributed by atoms with E-state index in [1.165, 1.54) is 22.3 Å². The number of allylic oxidation sites excluding steroid dienone is 4. The summed E-state index contributed by atoms with van der Waals surface area (Å²) in [5.41, 5.74) is 5.39. The second-order valence-corrected chi connectivity index (χ2v) is 4.16. The summed E-state index contributed by atoms with van der Waals surface area (Å²) in [6.07, 6.45) is 5.48. The van der Waals surface area contributed by atoms with Gasteiger partial charge in [-0.1, -0.05) is 54.5 Å². The van der Waals surface area contributed by atoms with Crippen LogP contribution in [0.5, 0.6) is 0 Å². The molecule has 15 heavy (non-hydrogen) atoms. The van der Waals surface area contributed by atoms with Gasteiger partial charge in [0.2, 0.25) is 0 Å². The molecule has 0 aliphatic heterocycles. The van der Waals surface area contributed by atoms with Crippen molar-refractivity contribution in [2.45, 2.75) is 34.1 Å². The summed E-state index contributed by atoms with van der Waals surface area (Å²) in [5, 5.41) is 0. The zero-order valence-corrected chi connectivity index (χ0v) is 10.2. The zero-order chi connectivity index (χ0) is 11.3. The van der Waals surface area contributed by atoms with Crippen LogP contribution in [-0.2, 0) is 0 Å². The smallest absolute Gasteiger partial charge is 0.0224 e. The Morgan fingerprint density at radius 1 is 1.07 bits per heavy atom. The van der Waals surface area contributed by atoms with E-state index in [1.807, 2.05) is 0 Å². The minimum Gasteiger partial charge on any atom is -0.0764 e. The molecule has 0 spiro atoms. The molecular weight excluding hydrogens is 180 g/mol. The SMILES string of the molecule is CC/C(=C\C=C(C)C)c1ccc(C)cc1. The third-order valence-corrected chi connectivity index (χ3v) is 2.42. The molecule has 0 N–H and O–H groups in total. The number of hydrogen-bond donors (Lipinski definition) is 0. The third kappa shape index (κ3) is 3.75. The lowest BCUT2D eigenvalue weighted by Crippen LogP contribution is -1.83. The Morgan fingerprint density at radius 3 is 2.13 bits per heavy atom. The Bertz CT molecular complexity index is 360. The maximum atomic E-state index is 2.22. The molecule has 0 radical (unpaired) electrons. The first-order valence-electron chi connectivity index (χ1n) is 5.54. The van der Waals surface area contributed by atoms with E-state index in [2.05, 4.69) is 64.1 Å². The summed E-state index contributed by atoms with van der Waals surface area (Å²) < 4.78 is 0. The van der Waals surface area contributed by atoms with Gasteiger partial charge in [-0.3, -0.25) is 0 Å². The molecule has 0 bridgehead atoms. The highest BCUT2D eigenvalue weighted by Gasteiger charge is 1.96. The van der Waals surface area contributed by atoms with Crippen LogP contribution in [0.4, 0.5) is 0 Å². The topological polar surface area (TPSA) is 0 Å². The summed E-state index contributed by atoms with van der Waals surface area (Å²) >= 11 is 0. The lowest BCUT2D eigenvalue weighted by atomic mass is 10.0. The fraction of sp³-hybridized carbons (Fsp3) is 0.333. The lowest BCUT2D eigenvalue weighted by molar-refractivity contribution is 1.23. The maximum absolute atomic E-state index is 2.22. The lowest BCUT2D eigenvalue weighted by Gasteiger charge is -2.04. The summed E-state index contributed by atoms with van der Waals surface area (Å²) in [4.78, 5) is 0. The first kappa shape index (κ1) is 11.8. The van der Waals surface area contributed by atoms with Crippen molar-refractivity contribution in [3.05, 3.63) is 53.1 Å². The van der Waals surface area contributed by atoms with Gasteiger partial charge in [0.25, 0.3) is 0 Å². The summed E-state index contributed by atoms with van der Waals surface area (Å²) in [7, 11) is 0. The van der Waals surface area contributed by atoms with Gasteiger partial charge in [-0.15, -0.1) is 0 Å². The van der Waals surface area contributed by atoms with Crippen LogP contribution >= 0.6 is 0 Å². The minimum atomic E-state index is 1.08. The molecule has 80 valence electrons. The molecule has 0 aliphatic rings. The van der Waals surface area contributed by atoms with Crippen LogP contribution in [0, 0.1) is 6.92 Å². The Morgan fingerprint density at radius 2 is 1.67 bits per heavy atom. The second-order valence-electron chi connectivity index (χ2n) is 4.16. The van der Waals surface area contributed by atoms with Crippen LogP contribution in [-0.4, -0.2) is 0 Å². The van der Waals surface area contributed by atoms with Crippen molar-refractivity contribution in [2.75, 3.05) is 0 Å². The molecule has 0 saturated heterocycles. The van der Waals surface area contributed by atoms with Crippen molar-refractivity contribution in [1.29, 1.82) is 0 Å². The molecule has 0 nitrogen and oxygen atoms in total. The highest BCUT2D eigenvalue weighted by Crippen LogP contribution is 2.18. The average Bonchev–Trinajstić information content (AvgIpc) is 2.21. The van der Waals surface area contributed by atoms with E-state index in [4.69, 9.17) is 0 Å². The molecule has 1 rings (SSSR count). The van der Waals surface area contributed by atoms with Crippen LogP contribution in [0.25, 0.3) is 5.57 Å². The van der Waals surface area contributed by atoms with Gasteiger partial charge in [-0.25, -0.2) is 0 Å². The van der Waals surface area contributed by atoms with Crippen molar-refractivity contribution in [3.63, 3.8) is 0 Å². The average molecular weight is 200 g/mol. The van der Waals surface area contributed by atoms with Gasteiger partial charge in [0.05, 0.1) is 0 Å². The zero-order valence-electron chi connectivity index (χ0n) is 10.2. The number of benzene rings is 1. The third-order valence-electron chi connectivity index (χ3n) is 2.42. The molecule has 0 unspecified atom stereocenters. The number of aryl methyl sites for hydroxylation is 1. The molecule has 0 aliphatic carbocycles. The highest BCUT2D eigenvalue weighted by molar-refractivity contribution is 5.67. The van der Waals surface area contributed by atoms with Gasteiger partial charge in [0.1, 0.15) is 0 Å². The highest BCUT2D eigenvalue weighted by atomic mass is 14.0. The minimum absolute atomic E-state index is 1.08. The first-order valence-corrected chi connectivity index (χ1v) is 5.54. The van der Waals surface area contributed by atoms with Gasteiger partial charge in [-0.2, -0.15) is 0 Å². The molecular formula is C15H20. The molecule has 0 heteroatoms. The maximum Gasteiger partial charge on any atom is -0.0224 e. The van der Waals surface area contributed by atoms with Crippen LogP contribution in [0.2, 0.25) is 0 Å². The number of rotatable bonds is 3. The predicted molar refractivity (Wildman–Crippen MR) is 68.9 cm³/mol. The van der Waals surface area contributed by atoms with Crippen molar-refractivity contribution in [1.82, 2.24) is 0 Å². The molecule has 0 saturated carbocycles. The van der Waals surface area contributed by atoms with E-state index in [0.29, 0.717) is 0 Å². The second kappa shape index (κ2) is 5.55. The van der Waals surface area contributed by atoms with Crippen LogP contribution < -0.4 is 0 Å². The van der Waals surface area contributed by atoms with E-state index in [-0.39, 0.29) is 0 Å². The number of hydrogen-bond acceptors (Lipinski definition) is 0. The monoisotopic (exact) mass is 200 g/mol. The Labute approximate surface area is 93.3 Å². The van der Waals surface area contributed by atoms with Crippen LogP contribution in [0.3, 0.4) is 0 Å². The largest absolute Gasteiger partial charge is 0.0764 e. The Balaban J connectivity index is 2.97. The summed E-state index contributed by atoms with van der Waals surface area (Å²) in [5.74, 6) is 0. The van der Waals surface area contributed by atoms with Gasteiger partial charge in [-0.05, 0) is 38.3 Å². The fourth-order valence-electron chi connectivity index (χ4n) is 1.45. The summed E-state index contributed by atoms with van der Waals surface area (Å²) in [6.45, 7) is 8.57.